The van der Waals surface area contributed by atoms with Crippen molar-refractivity contribution in [3.05, 3.63) is 18.5 Å². The molecule has 0 atom stereocenters. The van der Waals surface area contributed by atoms with Gasteiger partial charge in [0.25, 0.3) is 0 Å². The zero-order valence-corrected chi connectivity index (χ0v) is 8.03. The van der Waals surface area contributed by atoms with E-state index in [-0.39, 0.29) is 5.91 Å². The van der Waals surface area contributed by atoms with Crippen molar-refractivity contribution in [3.8, 4) is 0 Å². The molecular weight excluding hydrogens is 166 g/mol. The molecule has 0 aromatic carbocycles. The van der Waals surface area contributed by atoms with E-state index in [0.29, 0.717) is 0 Å². The van der Waals surface area contributed by atoms with E-state index in [0.717, 1.165) is 11.4 Å². The first-order valence-electron chi connectivity index (χ1n) is 4.00. The van der Waals surface area contributed by atoms with E-state index in [2.05, 4.69) is 10.3 Å². The molecule has 0 aliphatic heterocycles. The summed E-state index contributed by atoms with van der Waals surface area (Å²) in [5.41, 5.74) is 1.69. The molecule has 1 amide bonds. The molecule has 4 heteroatoms. The normalized spacial score (nSPS) is 9.46. The van der Waals surface area contributed by atoms with E-state index in [1.807, 2.05) is 25.1 Å². The molecule has 0 spiro atoms. The molecule has 1 aromatic heterocycles. The Morgan fingerprint density at radius 2 is 2.23 bits per heavy atom. The lowest BCUT2D eigenvalue weighted by Gasteiger charge is -2.16. The number of nitrogens with zero attached hydrogens (tertiary/aromatic N) is 2. The van der Waals surface area contributed by atoms with Crippen LogP contribution in [-0.2, 0) is 4.79 Å². The van der Waals surface area contributed by atoms with Crippen LogP contribution in [0, 0.1) is 0 Å². The van der Waals surface area contributed by atoms with Crippen LogP contribution in [-0.4, -0.2) is 25.0 Å². The Balaban J connectivity index is 2.97. The maximum atomic E-state index is 10.8. The van der Waals surface area contributed by atoms with E-state index in [1.54, 1.807) is 12.4 Å². The van der Waals surface area contributed by atoms with Gasteiger partial charge in [0.2, 0.25) is 5.91 Å². The maximum absolute atomic E-state index is 10.8. The second-order valence-corrected chi connectivity index (χ2v) is 2.97. The molecule has 0 unspecified atom stereocenters. The highest BCUT2D eigenvalue weighted by Crippen LogP contribution is 2.21. The number of pyridine rings is 1. The van der Waals surface area contributed by atoms with Gasteiger partial charge in [0, 0.05) is 27.2 Å². The summed E-state index contributed by atoms with van der Waals surface area (Å²) in [5.74, 6) is -0.0869. The number of hydrogen-bond donors (Lipinski definition) is 1. The SMILES string of the molecule is CC(=O)Nc1cnccc1N(C)C. The number of amides is 1. The highest BCUT2D eigenvalue weighted by Gasteiger charge is 2.04. The average molecular weight is 179 g/mol. The van der Waals surface area contributed by atoms with Gasteiger partial charge < -0.3 is 10.2 Å². The summed E-state index contributed by atoms with van der Waals surface area (Å²) >= 11 is 0. The van der Waals surface area contributed by atoms with Crippen molar-refractivity contribution in [1.82, 2.24) is 4.98 Å². The van der Waals surface area contributed by atoms with Gasteiger partial charge in [-0.25, -0.2) is 0 Å². The third-order valence-corrected chi connectivity index (χ3v) is 1.59. The minimum Gasteiger partial charge on any atom is -0.376 e. The molecule has 0 aliphatic rings. The van der Waals surface area contributed by atoms with Crippen LogP contribution in [0.4, 0.5) is 11.4 Å². The summed E-state index contributed by atoms with van der Waals surface area (Å²) < 4.78 is 0. The minimum absolute atomic E-state index is 0.0869. The highest BCUT2D eigenvalue weighted by atomic mass is 16.1. The molecule has 0 saturated carbocycles. The second-order valence-electron chi connectivity index (χ2n) is 2.97. The molecule has 0 bridgehead atoms. The third kappa shape index (κ3) is 2.43. The Morgan fingerprint density at radius 1 is 1.54 bits per heavy atom. The molecule has 0 radical (unpaired) electrons. The van der Waals surface area contributed by atoms with E-state index >= 15 is 0 Å². The summed E-state index contributed by atoms with van der Waals surface area (Å²) in [4.78, 5) is 16.7. The molecule has 0 saturated heterocycles. The minimum atomic E-state index is -0.0869. The van der Waals surface area contributed by atoms with Crippen molar-refractivity contribution in [2.75, 3.05) is 24.3 Å². The molecular formula is C9H13N3O. The fraction of sp³-hybridized carbons (Fsp3) is 0.333. The van der Waals surface area contributed by atoms with Gasteiger partial charge >= 0.3 is 0 Å². The first kappa shape index (κ1) is 9.51. The van der Waals surface area contributed by atoms with Gasteiger partial charge in [0.1, 0.15) is 0 Å². The van der Waals surface area contributed by atoms with Crippen LogP contribution >= 0.6 is 0 Å². The third-order valence-electron chi connectivity index (χ3n) is 1.59. The maximum Gasteiger partial charge on any atom is 0.221 e. The number of carbonyl (C=O) groups is 1. The second kappa shape index (κ2) is 3.89. The number of carbonyl (C=O) groups excluding carboxylic acids is 1. The summed E-state index contributed by atoms with van der Waals surface area (Å²) in [7, 11) is 3.83. The van der Waals surface area contributed by atoms with Crippen LogP contribution in [0.15, 0.2) is 18.5 Å². The molecule has 70 valence electrons. The number of rotatable bonds is 2. The zero-order valence-electron chi connectivity index (χ0n) is 8.03. The first-order chi connectivity index (χ1) is 6.11. The van der Waals surface area contributed by atoms with Crippen molar-refractivity contribution in [2.24, 2.45) is 0 Å². The van der Waals surface area contributed by atoms with Crippen molar-refractivity contribution < 1.29 is 4.79 Å². The standard InChI is InChI=1S/C9H13N3O/c1-7(13)11-8-6-10-5-4-9(8)12(2)3/h4-6H,1-3H3,(H,11,13). The van der Waals surface area contributed by atoms with E-state index < -0.39 is 0 Å². The summed E-state index contributed by atoms with van der Waals surface area (Å²) in [6, 6.07) is 1.85. The summed E-state index contributed by atoms with van der Waals surface area (Å²) in [5, 5.41) is 2.71. The van der Waals surface area contributed by atoms with Crippen LogP contribution in [0.1, 0.15) is 6.92 Å². The lowest BCUT2D eigenvalue weighted by Crippen LogP contribution is -2.14. The van der Waals surface area contributed by atoms with Gasteiger partial charge in [-0.05, 0) is 6.07 Å². The molecule has 1 heterocycles. The number of aromatic nitrogens is 1. The molecule has 1 rings (SSSR count). The van der Waals surface area contributed by atoms with Gasteiger partial charge in [-0.1, -0.05) is 0 Å². The van der Waals surface area contributed by atoms with E-state index in [9.17, 15) is 4.79 Å². The van der Waals surface area contributed by atoms with E-state index in [1.165, 1.54) is 6.92 Å². The predicted octanol–water partition coefficient (Wildman–Crippen LogP) is 1.11. The number of anilines is 2. The topological polar surface area (TPSA) is 45.2 Å². The molecule has 0 aliphatic carbocycles. The Hall–Kier alpha value is -1.58. The van der Waals surface area contributed by atoms with Gasteiger partial charge in [-0.3, -0.25) is 9.78 Å². The molecule has 1 aromatic rings. The Labute approximate surface area is 77.6 Å². The van der Waals surface area contributed by atoms with Crippen LogP contribution in [0.25, 0.3) is 0 Å². The predicted molar refractivity (Wildman–Crippen MR) is 52.9 cm³/mol. The smallest absolute Gasteiger partial charge is 0.221 e. The lowest BCUT2D eigenvalue weighted by molar-refractivity contribution is -0.114. The van der Waals surface area contributed by atoms with Crippen LogP contribution in [0.5, 0.6) is 0 Å². The Kier molecular flexibility index (Phi) is 2.84. The van der Waals surface area contributed by atoms with Crippen molar-refractivity contribution in [1.29, 1.82) is 0 Å². The average Bonchev–Trinajstić information content (AvgIpc) is 2.03. The molecule has 13 heavy (non-hydrogen) atoms. The van der Waals surface area contributed by atoms with Gasteiger partial charge in [-0.15, -0.1) is 0 Å². The quantitative estimate of drug-likeness (QED) is 0.739. The lowest BCUT2D eigenvalue weighted by atomic mass is 10.3. The fourth-order valence-electron chi connectivity index (χ4n) is 1.06. The van der Waals surface area contributed by atoms with Crippen molar-refractivity contribution in [2.45, 2.75) is 6.92 Å². The van der Waals surface area contributed by atoms with Gasteiger partial charge in [-0.2, -0.15) is 0 Å². The first-order valence-corrected chi connectivity index (χ1v) is 4.00. The Morgan fingerprint density at radius 3 is 2.77 bits per heavy atom. The summed E-state index contributed by atoms with van der Waals surface area (Å²) in [6.45, 7) is 1.48. The Bertz CT molecular complexity index is 309. The van der Waals surface area contributed by atoms with E-state index in [4.69, 9.17) is 0 Å². The number of hydrogen-bond acceptors (Lipinski definition) is 3. The largest absolute Gasteiger partial charge is 0.376 e. The van der Waals surface area contributed by atoms with Crippen molar-refractivity contribution in [3.63, 3.8) is 0 Å². The van der Waals surface area contributed by atoms with Gasteiger partial charge in [0.05, 0.1) is 17.6 Å². The fourth-order valence-corrected chi connectivity index (χ4v) is 1.06. The highest BCUT2D eigenvalue weighted by molar-refractivity contribution is 5.92. The molecule has 0 fully saturated rings. The molecule has 4 nitrogen and oxygen atoms in total. The van der Waals surface area contributed by atoms with Crippen LogP contribution in [0.2, 0.25) is 0 Å². The summed E-state index contributed by atoms with van der Waals surface area (Å²) in [6.07, 6.45) is 3.33. The van der Waals surface area contributed by atoms with Crippen molar-refractivity contribution >= 4 is 17.3 Å². The molecule has 1 N–H and O–H groups in total. The zero-order chi connectivity index (χ0) is 9.84. The number of nitrogens with one attached hydrogen (secondary N) is 1. The monoisotopic (exact) mass is 179 g/mol. The van der Waals surface area contributed by atoms with Gasteiger partial charge in [0.15, 0.2) is 0 Å². The van der Waals surface area contributed by atoms with Crippen LogP contribution in [0.3, 0.4) is 0 Å². The van der Waals surface area contributed by atoms with Crippen LogP contribution < -0.4 is 10.2 Å².